The third-order valence-corrected chi connectivity index (χ3v) is 8.92. The first-order valence-electron chi connectivity index (χ1n) is 15.4. The van der Waals surface area contributed by atoms with Gasteiger partial charge in [-0.05, 0) is 46.4 Å². The third kappa shape index (κ3) is 5.03. The summed E-state index contributed by atoms with van der Waals surface area (Å²) in [5.74, 6) is -0.150. The van der Waals surface area contributed by atoms with Crippen molar-refractivity contribution in [3.63, 3.8) is 0 Å². The molecule has 0 aliphatic carbocycles. The van der Waals surface area contributed by atoms with Crippen LogP contribution in [0.2, 0.25) is 0 Å². The lowest BCUT2D eigenvalue weighted by Gasteiger charge is -2.36. The highest BCUT2D eigenvalue weighted by Gasteiger charge is 2.34. The number of H-pyrrole nitrogens is 1. The van der Waals surface area contributed by atoms with Crippen LogP contribution in [0.15, 0.2) is 54.9 Å². The molecular weight excluding hydrogens is 585 g/mol. The molecule has 236 valence electrons. The van der Waals surface area contributed by atoms with Crippen molar-refractivity contribution < 1.29 is 14.0 Å². The molecule has 2 aromatic carbocycles. The number of hydrogen-bond donors (Lipinski definition) is 2. The quantitative estimate of drug-likeness (QED) is 0.296. The van der Waals surface area contributed by atoms with E-state index in [1.165, 1.54) is 6.07 Å². The first-order valence-corrected chi connectivity index (χ1v) is 15.4. The van der Waals surface area contributed by atoms with Gasteiger partial charge in [0.1, 0.15) is 11.6 Å². The number of carbonyl (C=O) groups excluding carboxylic acids is 2. The number of benzene rings is 2. The second kappa shape index (κ2) is 11.0. The number of rotatable bonds is 5. The molecule has 3 N–H and O–H groups in total. The highest BCUT2D eigenvalue weighted by Crippen LogP contribution is 2.44. The van der Waals surface area contributed by atoms with Crippen LogP contribution in [0.5, 0.6) is 0 Å². The number of primary amides is 1. The Morgan fingerprint density at radius 1 is 0.957 bits per heavy atom. The minimum absolute atomic E-state index is 0.0813. The number of nitrogens with zero attached hydrogens (tertiary/aromatic N) is 7. The molecule has 0 spiro atoms. The molecule has 12 heteroatoms. The number of hydrogen-bond acceptors (Lipinski definition) is 7. The molecule has 0 atom stereocenters. The number of halogens is 1. The van der Waals surface area contributed by atoms with Crippen LogP contribution in [0.25, 0.3) is 28.0 Å². The first-order chi connectivity index (χ1) is 22.0. The van der Waals surface area contributed by atoms with Crippen molar-refractivity contribution in [1.82, 2.24) is 29.7 Å². The summed E-state index contributed by atoms with van der Waals surface area (Å²) in [6.45, 7) is 11.4. The Balaban J connectivity index is 1.49. The van der Waals surface area contributed by atoms with E-state index in [1.54, 1.807) is 29.9 Å². The molecule has 46 heavy (non-hydrogen) atoms. The zero-order valence-corrected chi connectivity index (χ0v) is 26.3. The first kappa shape index (κ1) is 29.5. The smallest absolute Gasteiger partial charge is 0.269 e. The number of anilines is 2. The second-order valence-electron chi connectivity index (χ2n) is 13.0. The minimum atomic E-state index is -0.632. The fraction of sp³-hybridized carbons (Fsp3) is 0.324. The van der Waals surface area contributed by atoms with Gasteiger partial charge < -0.3 is 20.4 Å². The molecule has 1 saturated heterocycles. The molecule has 11 nitrogen and oxygen atoms in total. The lowest BCUT2D eigenvalue weighted by Crippen LogP contribution is -2.48. The van der Waals surface area contributed by atoms with E-state index in [0.29, 0.717) is 62.0 Å². The van der Waals surface area contributed by atoms with Crippen LogP contribution in [0.4, 0.5) is 15.9 Å². The van der Waals surface area contributed by atoms with Crippen molar-refractivity contribution in [2.45, 2.75) is 46.2 Å². The highest BCUT2D eigenvalue weighted by molar-refractivity contribution is 5.97. The van der Waals surface area contributed by atoms with Gasteiger partial charge >= 0.3 is 0 Å². The summed E-state index contributed by atoms with van der Waals surface area (Å²) < 4.78 is 16.0. The number of piperazine rings is 1. The summed E-state index contributed by atoms with van der Waals surface area (Å²) in [5.41, 5.74) is 12.8. The van der Waals surface area contributed by atoms with Crippen LogP contribution in [0.1, 0.15) is 54.9 Å². The molecule has 1 fully saturated rings. The summed E-state index contributed by atoms with van der Waals surface area (Å²) in [4.78, 5) is 36.4. The topological polar surface area (TPSA) is 129 Å². The zero-order chi connectivity index (χ0) is 32.3. The second-order valence-corrected chi connectivity index (χ2v) is 13.0. The summed E-state index contributed by atoms with van der Waals surface area (Å²) in [6.07, 6.45) is 3.52. The number of carbonyl (C=O) groups is 2. The van der Waals surface area contributed by atoms with Crippen molar-refractivity contribution in [3.8, 4) is 22.4 Å². The summed E-state index contributed by atoms with van der Waals surface area (Å²) in [6, 6.07) is 13.1. The maximum atomic E-state index is 14.3. The summed E-state index contributed by atoms with van der Waals surface area (Å²) in [7, 11) is 0. The van der Waals surface area contributed by atoms with E-state index in [-0.39, 0.29) is 17.4 Å². The van der Waals surface area contributed by atoms with E-state index in [9.17, 15) is 14.0 Å². The Labute approximate surface area is 265 Å². The SMILES string of the molecule is CC(=O)N1CCN(c2cccc(-c3c(N4Cc5ccc(F)cc5C4)nc4c(C(C)(C)C)c(C(N)=O)nn4c3-c3cn[nH]c3)c2)CC1. The molecule has 3 aromatic heterocycles. The monoisotopic (exact) mass is 621 g/mol. The Kier molecular flexibility index (Phi) is 7.02. The zero-order valence-electron chi connectivity index (χ0n) is 26.3. The van der Waals surface area contributed by atoms with Gasteiger partial charge in [-0.3, -0.25) is 14.7 Å². The predicted molar refractivity (Wildman–Crippen MR) is 174 cm³/mol. The number of aromatic nitrogens is 5. The van der Waals surface area contributed by atoms with Crippen LogP contribution in [-0.4, -0.2) is 67.7 Å². The maximum Gasteiger partial charge on any atom is 0.269 e. The molecule has 2 amide bonds. The molecule has 2 aliphatic heterocycles. The molecule has 0 bridgehead atoms. The minimum Gasteiger partial charge on any atom is -0.368 e. The Bertz CT molecular complexity index is 1990. The Morgan fingerprint density at radius 3 is 2.39 bits per heavy atom. The lowest BCUT2D eigenvalue weighted by molar-refractivity contribution is -0.129. The molecule has 0 radical (unpaired) electrons. The highest BCUT2D eigenvalue weighted by atomic mass is 19.1. The predicted octanol–water partition coefficient (Wildman–Crippen LogP) is 4.51. The number of nitrogens with one attached hydrogen (secondary N) is 1. The van der Waals surface area contributed by atoms with Gasteiger partial charge in [0, 0.05) is 69.2 Å². The van der Waals surface area contributed by atoms with Crippen molar-refractivity contribution in [1.29, 1.82) is 0 Å². The van der Waals surface area contributed by atoms with Crippen LogP contribution < -0.4 is 15.5 Å². The van der Waals surface area contributed by atoms with Crippen LogP contribution >= 0.6 is 0 Å². The maximum absolute atomic E-state index is 14.3. The Morgan fingerprint density at radius 2 is 1.72 bits per heavy atom. The van der Waals surface area contributed by atoms with Crippen LogP contribution in [-0.2, 0) is 23.3 Å². The normalized spacial score (nSPS) is 15.1. The van der Waals surface area contributed by atoms with Crippen LogP contribution in [0.3, 0.4) is 0 Å². The fourth-order valence-electron chi connectivity index (χ4n) is 6.69. The van der Waals surface area contributed by atoms with Gasteiger partial charge in [-0.25, -0.2) is 13.9 Å². The van der Waals surface area contributed by atoms with Crippen molar-refractivity contribution in [3.05, 3.63) is 83.1 Å². The standard InChI is InChI=1S/C34H36FN9O2/c1-20(45)41-10-12-42(13-11-41)26-7-5-6-21(15-26)27-30(24-16-37-38-17-24)44-33(28(34(2,3)4)29(40-44)31(36)46)39-32(27)43-18-22-8-9-25(35)14-23(22)19-43/h5-9,14-17H,10-13,18-19H2,1-4H3,(H2,36,46)(H,37,38). The molecule has 5 heterocycles. The van der Waals surface area contributed by atoms with Crippen molar-refractivity contribution in [2.24, 2.45) is 5.73 Å². The fourth-order valence-corrected chi connectivity index (χ4v) is 6.69. The number of nitrogens with two attached hydrogens (primary N) is 1. The average molecular weight is 622 g/mol. The average Bonchev–Trinajstić information content (AvgIpc) is 3.78. The number of fused-ring (bicyclic) bond motifs is 2. The molecule has 0 saturated carbocycles. The van der Waals surface area contributed by atoms with Gasteiger partial charge in [-0.1, -0.05) is 39.0 Å². The van der Waals surface area contributed by atoms with Crippen LogP contribution in [0, 0.1) is 5.82 Å². The van der Waals surface area contributed by atoms with Gasteiger partial charge in [0.2, 0.25) is 5.91 Å². The van der Waals surface area contributed by atoms with Gasteiger partial charge in [0.15, 0.2) is 11.3 Å². The molecular formula is C34H36FN9O2. The van der Waals surface area contributed by atoms with Gasteiger partial charge in [-0.2, -0.15) is 10.2 Å². The molecule has 0 unspecified atom stereocenters. The van der Waals surface area contributed by atoms with E-state index in [1.807, 2.05) is 43.9 Å². The van der Waals surface area contributed by atoms with E-state index in [0.717, 1.165) is 33.5 Å². The Hall–Kier alpha value is -5.26. The van der Waals surface area contributed by atoms with Gasteiger partial charge in [0.05, 0.1) is 17.5 Å². The number of amides is 2. The van der Waals surface area contributed by atoms with Gasteiger partial charge in [-0.15, -0.1) is 0 Å². The van der Waals surface area contributed by atoms with Crippen molar-refractivity contribution >= 4 is 29.0 Å². The third-order valence-electron chi connectivity index (χ3n) is 8.92. The van der Waals surface area contributed by atoms with E-state index in [4.69, 9.17) is 15.8 Å². The molecule has 7 rings (SSSR count). The van der Waals surface area contributed by atoms with E-state index < -0.39 is 11.3 Å². The summed E-state index contributed by atoms with van der Waals surface area (Å²) in [5, 5.41) is 12.0. The van der Waals surface area contributed by atoms with E-state index >= 15 is 0 Å². The molecule has 2 aliphatic rings. The summed E-state index contributed by atoms with van der Waals surface area (Å²) >= 11 is 0. The largest absolute Gasteiger partial charge is 0.368 e. The van der Waals surface area contributed by atoms with Crippen molar-refractivity contribution in [2.75, 3.05) is 36.0 Å². The number of aromatic amines is 1. The van der Waals surface area contributed by atoms with E-state index in [2.05, 4.69) is 32.1 Å². The van der Waals surface area contributed by atoms with Gasteiger partial charge in [0.25, 0.3) is 5.91 Å². The molecule has 5 aromatic rings. The lowest BCUT2D eigenvalue weighted by atomic mass is 9.86.